The maximum Gasteiger partial charge on any atom is 0.339 e. The van der Waals surface area contributed by atoms with Crippen molar-refractivity contribution in [2.75, 3.05) is 25.5 Å². The normalized spacial score (nSPS) is 13.2. The summed E-state index contributed by atoms with van der Waals surface area (Å²) in [6.45, 7) is 6.25. The number of amides is 2. The fraction of sp³-hybridized carbons (Fsp3) is 0.391. The van der Waals surface area contributed by atoms with Crippen molar-refractivity contribution in [1.29, 1.82) is 0 Å². The van der Waals surface area contributed by atoms with E-state index in [4.69, 9.17) is 4.74 Å². The highest BCUT2D eigenvalue weighted by molar-refractivity contribution is 6.06. The van der Waals surface area contributed by atoms with Crippen LogP contribution in [0, 0.1) is 13.8 Å². The molecule has 0 aliphatic carbocycles. The molecule has 1 aromatic carbocycles. The third-order valence-electron chi connectivity index (χ3n) is 5.57. The Kier molecular flexibility index (Phi) is 6.58. The molecule has 0 bridgehead atoms. The Hall–Kier alpha value is -3.42. The van der Waals surface area contributed by atoms with Crippen molar-refractivity contribution in [3.05, 3.63) is 51.8 Å². The van der Waals surface area contributed by atoms with Gasteiger partial charge in [-0.3, -0.25) is 14.4 Å². The zero-order valence-electron chi connectivity index (χ0n) is 18.3. The number of nitrogens with zero attached hydrogens (tertiary/aromatic N) is 1. The van der Waals surface area contributed by atoms with E-state index in [9.17, 15) is 19.2 Å². The Morgan fingerprint density at radius 3 is 2.42 bits per heavy atom. The van der Waals surface area contributed by atoms with Gasteiger partial charge in [-0.2, -0.15) is 0 Å². The Bertz CT molecular complexity index is 1050. The molecule has 0 unspecified atom stereocenters. The molecule has 2 aromatic rings. The molecule has 2 amide bonds. The van der Waals surface area contributed by atoms with Crippen LogP contribution in [-0.4, -0.2) is 53.7 Å². The molecule has 8 nitrogen and oxygen atoms in total. The zero-order valence-corrected chi connectivity index (χ0v) is 18.3. The smallest absolute Gasteiger partial charge is 0.339 e. The molecule has 1 aliphatic heterocycles. The fourth-order valence-corrected chi connectivity index (χ4v) is 3.97. The number of benzene rings is 1. The van der Waals surface area contributed by atoms with Crippen LogP contribution in [0.4, 0.5) is 5.69 Å². The van der Waals surface area contributed by atoms with Crippen molar-refractivity contribution in [2.45, 2.75) is 40.0 Å². The standard InChI is InChI=1S/C23H27N3O5/c1-13-8-7-9-16(22(29)26-10-5-6-11-26)20(13)25-18(28)12-17-19(23(30)31-4)14(2)21(24-17)15(3)27/h7-9,24H,5-6,10-12H2,1-4H3,(H,25,28). The lowest BCUT2D eigenvalue weighted by Gasteiger charge is -2.19. The molecule has 2 N–H and O–H groups in total. The molecule has 0 saturated carbocycles. The van der Waals surface area contributed by atoms with Crippen LogP contribution in [0.1, 0.15) is 67.8 Å². The number of ether oxygens (including phenoxy) is 1. The number of esters is 1. The number of hydrogen-bond donors (Lipinski definition) is 2. The lowest BCUT2D eigenvalue weighted by atomic mass is 10.1. The Labute approximate surface area is 181 Å². The molecule has 3 rings (SSSR count). The first kappa shape index (κ1) is 22.3. The number of H-pyrrole nitrogens is 1. The van der Waals surface area contributed by atoms with Crippen molar-refractivity contribution >= 4 is 29.3 Å². The van der Waals surface area contributed by atoms with E-state index in [2.05, 4.69) is 10.3 Å². The van der Waals surface area contributed by atoms with Crippen LogP contribution in [0.3, 0.4) is 0 Å². The number of aromatic nitrogens is 1. The minimum Gasteiger partial charge on any atom is -0.465 e. The Morgan fingerprint density at radius 2 is 1.81 bits per heavy atom. The second-order valence-electron chi connectivity index (χ2n) is 7.75. The van der Waals surface area contributed by atoms with Crippen molar-refractivity contribution in [2.24, 2.45) is 0 Å². The van der Waals surface area contributed by atoms with Gasteiger partial charge in [0.2, 0.25) is 5.91 Å². The fourth-order valence-electron chi connectivity index (χ4n) is 3.97. The maximum absolute atomic E-state index is 12.9. The van der Waals surface area contributed by atoms with E-state index in [0.29, 0.717) is 35.6 Å². The van der Waals surface area contributed by atoms with E-state index in [1.807, 2.05) is 13.0 Å². The number of aromatic amines is 1. The second kappa shape index (κ2) is 9.16. The summed E-state index contributed by atoms with van der Waals surface area (Å²) in [5.41, 5.74) is 2.86. The average Bonchev–Trinajstić information content (AvgIpc) is 3.37. The highest BCUT2D eigenvalue weighted by Crippen LogP contribution is 2.25. The van der Waals surface area contributed by atoms with Gasteiger partial charge in [0.25, 0.3) is 5.91 Å². The van der Waals surface area contributed by atoms with Crippen molar-refractivity contribution in [1.82, 2.24) is 9.88 Å². The van der Waals surface area contributed by atoms with Gasteiger partial charge in [0.1, 0.15) is 0 Å². The van der Waals surface area contributed by atoms with Gasteiger partial charge in [-0.1, -0.05) is 12.1 Å². The molecule has 8 heteroatoms. The van der Waals surface area contributed by atoms with Crippen molar-refractivity contribution in [3.63, 3.8) is 0 Å². The van der Waals surface area contributed by atoms with Crippen molar-refractivity contribution < 1.29 is 23.9 Å². The van der Waals surface area contributed by atoms with E-state index in [0.717, 1.165) is 18.4 Å². The van der Waals surface area contributed by atoms with Crippen LogP contribution in [0.5, 0.6) is 0 Å². The van der Waals surface area contributed by atoms with Crippen molar-refractivity contribution in [3.8, 4) is 0 Å². The molecule has 0 spiro atoms. The molecule has 0 radical (unpaired) electrons. The lowest BCUT2D eigenvalue weighted by molar-refractivity contribution is -0.115. The SMILES string of the molecule is COC(=O)c1c(CC(=O)Nc2c(C)cccc2C(=O)N2CCCC2)[nH]c(C(C)=O)c1C. The van der Waals surface area contributed by atoms with Crippen LogP contribution in [0.2, 0.25) is 0 Å². The summed E-state index contributed by atoms with van der Waals surface area (Å²) in [7, 11) is 1.25. The lowest BCUT2D eigenvalue weighted by Crippen LogP contribution is -2.29. The molecule has 1 saturated heterocycles. The quantitative estimate of drug-likeness (QED) is 0.546. The van der Waals surface area contributed by atoms with Gasteiger partial charge in [0.15, 0.2) is 5.78 Å². The largest absolute Gasteiger partial charge is 0.465 e. The van der Waals surface area contributed by atoms with E-state index in [1.54, 1.807) is 24.0 Å². The van der Waals surface area contributed by atoms with Gasteiger partial charge in [0.05, 0.1) is 36.0 Å². The monoisotopic (exact) mass is 425 g/mol. The van der Waals surface area contributed by atoms with Gasteiger partial charge in [0, 0.05) is 25.7 Å². The average molecular weight is 425 g/mol. The van der Waals surface area contributed by atoms with Gasteiger partial charge in [-0.15, -0.1) is 0 Å². The number of methoxy groups -OCH3 is 1. The highest BCUT2D eigenvalue weighted by atomic mass is 16.5. The number of carbonyl (C=O) groups is 4. The van der Waals surface area contributed by atoms with Gasteiger partial charge < -0.3 is 19.9 Å². The minimum atomic E-state index is -0.621. The molecular formula is C23H27N3O5. The summed E-state index contributed by atoms with van der Waals surface area (Å²) in [5.74, 6) is -1.39. The number of Topliss-reactive ketones (excluding diaryl/α,β-unsaturated/α-hetero) is 1. The summed E-state index contributed by atoms with van der Waals surface area (Å²) in [6, 6.07) is 5.32. The molecule has 31 heavy (non-hydrogen) atoms. The molecule has 1 aliphatic rings. The summed E-state index contributed by atoms with van der Waals surface area (Å²) in [5, 5.41) is 2.83. The van der Waals surface area contributed by atoms with Crippen LogP contribution >= 0.6 is 0 Å². The summed E-state index contributed by atoms with van der Waals surface area (Å²) < 4.78 is 4.83. The molecule has 1 aromatic heterocycles. The van der Waals surface area contributed by atoms with Crippen LogP contribution in [0.15, 0.2) is 18.2 Å². The first-order valence-corrected chi connectivity index (χ1v) is 10.2. The van der Waals surface area contributed by atoms with Crippen LogP contribution in [-0.2, 0) is 16.0 Å². The predicted octanol–water partition coefficient (Wildman–Crippen LogP) is 3.04. The van der Waals surface area contributed by atoms with E-state index >= 15 is 0 Å². The summed E-state index contributed by atoms with van der Waals surface area (Å²) >= 11 is 0. The zero-order chi connectivity index (χ0) is 22.7. The number of hydrogen-bond acceptors (Lipinski definition) is 5. The number of carbonyl (C=O) groups excluding carboxylic acids is 4. The molecule has 2 heterocycles. The van der Waals surface area contributed by atoms with Gasteiger partial charge in [-0.05, 0) is 43.9 Å². The third-order valence-corrected chi connectivity index (χ3v) is 5.57. The van der Waals surface area contributed by atoms with Gasteiger partial charge in [-0.25, -0.2) is 4.79 Å². The minimum absolute atomic E-state index is 0.110. The van der Waals surface area contributed by atoms with Crippen LogP contribution in [0.25, 0.3) is 0 Å². The first-order valence-electron chi connectivity index (χ1n) is 10.2. The van der Waals surface area contributed by atoms with E-state index < -0.39 is 11.9 Å². The number of likely N-dealkylation sites (tertiary alicyclic amines) is 1. The molecule has 1 fully saturated rings. The number of aryl methyl sites for hydroxylation is 1. The number of rotatable bonds is 6. The van der Waals surface area contributed by atoms with E-state index in [1.165, 1.54) is 14.0 Å². The number of anilines is 1. The Balaban J connectivity index is 1.88. The predicted molar refractivity (Wildman–Crippen MR) is 116 cm³/mol. The second-order valence-corrected chi connectivity index (χ2v) is 7.75. The van der Waals surface area contributed by atoms with E-state index in [-0.39, 0.29) is 29.4 Å². The number of nitrogens with one attached hydrogen (secondary N) is 2. The number of ketones is 1. The van der Waals surface area contributed by atoms with Crippen LogP contribution < -0.4 is 5.32 Å². The summed E-state index contributed by atoms with van der Waals surface area (Å²) in [6.07, 6.45) is 1.77. The first-order chi connectivity index (χ1) is 14.7. The van der Waals surface area contributed by atoms with Gasteiger partial charge >= 0.3 is 5.97 Å². The topological polar surface area (TPSA) is 109 Å². The third kappa shape index (κ3) is 4.52. The Morgan fingerprint density at radius 1 is 1.13 bits per heavy atom. The maximum atomic E-state index is 12.9. The molecule has 0 atom stereocenters. The highest BCUT2D eigenvalue weighted by Gasteiger charge is 2.26. The summed E-state index contributed by atoms with van der Waals surface area (Å²) in [4.78, 5) is 54.6. The molecule has 164 valence electrons. The molecular weight excluding hydrogens is 398 g/mol. The number of para-hydroxylation sites is 1.